The summed E-state index contributed by atoms with van der Waals surface area (Å²) in [7, 11) is 0. The number of nitrogens with zero attached hydrogens (tertiary/aromatic N) is 2. The van der Waals surface area contributed by atoms with E-state index in [1.165, 1.54) is 16.6 Å². The maximum atomic E-state index is 12.3. The predicted molar refractivity (Wildman–Crippen MR) is 92.5 cm³/mol. The number of thiophene rings is 1. The van der Waals surface area contributed by atoms with E-state index in [-0.39, 0.29) is 5.91 Å². The second kappa shape index (κ2) is 7.82. The molecule has 0 aromatic carbocycles. The van der Waals surface area contributed by atoms with Crippen LogP contribution in [0.25, 0.3) is 0 Å². The first-order valence-corrected chi connectivity index (χ1v) is 9.04. The highest BCUT2D eigenvalue weighted by atomic mass is 79.9. The topological polar surface area (TPSA) is 59.2 Å². The lowest BCUT2D eigenvalue weighted by molar-refractivity contribution is -0.128. The largest absolute Gasteiger partial charge is 0.397 e. The highest BCUT2D eigenvalue weighted by Gasteiger charge is 2.14. The number of amides is 1. The van der Waals surface area contributed by atoms with Gasteiger partial charge in [-0.1, -0.05) is 0 Å². The zero-order valence-electron chi connectivity index (χ0n) is 11.6. The molecular weight excluding hydrogens is 370 g/mol. The van der Waals surface area contributed by atoms with Crippen LogP contribution in [0.15, 0.2) is 39.3 Å². The summed E-state index contributed by atoms with van der Waals surface area (Å²) in [5.41, 5.74) is 6.44. The molecule has 0 spiro atoms. The lowest BCUT2D eigenvalue weighted by Gasteiger charge is -2.20. The van der Waals surface area contributed by atoms with Gasteiger partial charge in [-0.2, -0.15) is 0 Å². The van der Waals surface area contributed by atoms with Gasteiger partial charge in [-0.25, -0.2) is 0 Å². The van der Waals surface area contributed by atoms with Crippen LogP contribution in [0.4, 0.5) is 5.69 Å². The average Bonchev–Trinajstić information content (AvgIpc) is 2.89. The van der Waals surface area contributed by atoms with Crippen molar-refractivity contribution in [1.82, 2.24) is 9.88 Å². The van der Waals surface area contributed by atoms with E-state index in [0.717, 1.165) is 8.68 Å². The Kier molecular flexibility index (Phi) is 6.08. The van der Waals surface area contributed by atoms with E-state index in [1.54, 1.807) is 23.7 Å². The van der Waals surface area contributed by atoms with Crippen LogP contribution in [0.5, 0.6) is 0 Å². The van der Waals surface area contributed by atoms with Crippen molar-refractivity contribution in [2.24, 2.45) is 0 Å². The second-order valence-corrected chi connectivity index (χ2v) is 7.88. The number of aromatic nitrogens is 1. The number of pyridine rings is 1. The molecule has 0 bridgehead atoms. The Labute approximate surface area is 140 Å². The van der Waals surface area contributed by atoms with Gasteiger partial charge in [0.1, 0.15) is 0 Å². The summed E-state index contributed by atoms with van der Waals surface area (Å²) >= 11 is 6.55. The molecule has 0 radical (unpaired) electrons. The number of hydrogen-bond donors (Lipinski definition) is 1. The number of hydrogen-bond acceptors (Lipinski definition) is 5. The molecule has 0 unspecified atom stereocenters. The lowest BCUT2D eigenvalue weighted by Crippen LogP contribution is -2.31. The Hall–Kier alpha value is -1.05. The van der Waals surface area contributed by atoms with Gasteiger partial charge in [0, 0.05) is 22.5 Å². The van der Waals surface area contributed by atoms with Crippen LogP contribution >= 0.6 is 39.0 Å². The summed E-state index contributed by atoms with van der Waals surface area (Å²) in [4.78, 5) is 20.2. The summed E-state index contributed by atoms with van der Waals surface area (Å²) < 4.78 is 1.08. The van der Waals surface area contributed by atoms with E-state index in [2.05, 4.69) is 20.9 Å². The summed E-state index contributed by atoms with van der Waals surface area (Å²) in [5, 5.41) is 0. The van der Waals surface area contributed by atoms with Gasteiger partial charge in [-0.3, -0.25) is 9.78 Å². The Morgan fingerprint density at radius 1 is 1.48 bits per heavy atom. The van der Waals surface area contributed by atoms with Crippen LogP contribution in [0.1, 0.15) is 11.8 Å². The van der Waals surface area contributed by atoms with Gasteiger partial charge in [-0.15, -0.1) is 23.1 Å². The van der Waals surface area contributed by atoms with Gasteiger partial charge in [0.2, 0.25) is 5.91 Å². The van der Waals surface area contributed by atoms with E-state index in [1.807, 2.05) is 30.0 Å². The van der Waals surface area contributed by atoms with Crippen molar-refractivity contribution in [3.05, 3.63) is 39.3 Å². The van der Waals surface area contributed by atoms with Gasteiger partial charge < -0.3 is 10.6 Å². The van der Waals surface area contributed by atoms with Crippen LogP contribution in [0, 0.1) is 0 Å². The summed E-state index contributed by atoms with van der Waals surface area (Å²) in [5.74, 6) is 0.498. The van der Waals surface area contributed by atoms with E-state index >= 15 is 0 Å². The second-order valence-electron chi connectivity index (χ2n) is 4.32. The van der Waals surface area contributed by atoms with Crippen LogP contribution < -0.4 is 5.73 Å². The van der Waals surface area contributed by atoms with E-state index in [9.17, 15) is 4.79 Å². The fraction of sp³-hybridized carbons (Fsp3) is 0.286. The monoisotopic (exact) mass is 385 g/mol. The number of anilines is 1. The molecule has 0 aliphatic heterocycles. The third-order valence-electron chi connectivity index (χ3n) is 2.87. The molecule has 0 saturated heterocycles. The number of thioether (sulfide) groups is 1. The predicted octanol–water partition coefficient (Wildman–Crippen LogP) is 3.63. The fourth-order valence-electron chi connectivity index (χ4n) is 1.76. The van der Waals surface area contributed by atoms with E-state index in [4.69, 9.17) is 5.73 Å². The number of rotatable bonds is 6. The quantitative estimate of drug-likeness (QED) is 0.771. The van der Waals surface area contributed by atoms with Crippen molar-refractivity contribution in [3.8, 4) is 0 Å². The van der Waals surface area contributed by atoms with E-state index in [0.29, 0.717) is 24.5 Å². The lowest BCUT2D eigenvalue weighted by atomic mass is 10.4. The van der Waals surface area contributed by atoms with E-state index < -0.39 is 0 Å². The summed E-state index contributed by atoms with van der Waals surface area (Å²) in [6, 6.07) is 5.88. The van der Waals surface area contributed by atoms with Gasteiger partial charge >= 0.3 is 0 Å². The maximum Gasteiger partial charge on any atom is 0.233 e. The number of nitrogens with two attached hydrogens (primary N) is 1. The van der Waals surface area contributed by atoms with Crippen LogP contribution in [0.3, 0.4) is 0 Å². The minimum Gasteiger partial charge on any atom is -0.397 e. The van der Waals surface area contributed by atoms with Crippen molar-refractivity contribution in [2.45, 2.75) is 18.4 Å². The Balaban J connectivity index is 1.93. The molecular formula is C14H16BrN3OS2. The molecule has 0 fully saturated rings. The Morgan fingerprint density at radius 2 is 2.29 bits per heavy atom. The minimum atomic E-state index is 0.114. The first-order valence-electron chi connectivity index (χ1n) is 6.44. The molecule has 2 aromatic rings. The summed E-state index contributed by atoms with van der Waals surface area (Å²) in [6.07, 6.45) is 3.29. The zero-order valence-corrected chi connectivity index (χ0v) is 14.8. The number of nitrogen functional groups attached to an aromatic ring is 1. The van der Waals surface area contributed by atoms with Crippen molar-refractivity contribution >= 4 is 50.6 Å². The summed E-state index contributed by atoms with van der Waals surface area (Å²) in [6.45, 7) is 3.34. The number of halogens is 1. The number of carbonyl (C=O) groups is 1. The average molecular weight is 386 g/mol. The zero-order chi connectivity index (χ0) is 15.2. The van der Waals surface area contributed by atoms with Gasteiger partial charge in [0.15, 0.2) is 0 Å². The van der Waals surface area contributed by atoms with Crippen molar-refractivity contribution in [2.75, 3.05) is 18.0 Å². The van der Waals surface area contributed by atoms with Crippen LogP contribution in [0.2, 0.25) is 0 Å². The normalized spacial score (nSPS) is 10.6. The van der Waals surface area contributed by atoms with Crippen LogP contribution in [-0.4, -0.2) is 28.1 Å². The highest BCUT2D eigenvalue weighted by Crippen LogP contribution is 2.25. The van der Waals surface area contributed by atoms with Crippen molar-refractivity contribution in [1.29, 1.82) is 0 Å². The number of carbonyl (C=O) groups excluding carboxylic acids is 1. The Morgan fingerprint density at radius 3 is 2.90 bits per heavy atom. The van der Waals surface area contributed by atoms with Crippen LogP contribution in [-0.2, 0) is 11.3 Å². The SMILES string of the molecule is CCN(Cc1ccc(Br)s1)C(=O)CSc1ccncc1N. The van der Waals surface area contributed by atoms with Crippen molar-refractivity contribution < 1.29 is 4.79 Å². The fourth-order valence-corrected chi connectivity index (χ4v) is 4.09. The molecule has 7 heteroatoms. The smallest absolute Gasteiger partial charge is 0.233 e. The van der Waals surface area contributed by atoms with Crippen molar-refractivity contribution in [3.63, 3.8) is 0 Å². The third kappa shape index (κ3) is 4.72. The molecule has 0 saturated carbocycles. The molecule has 0 atom stereocenters. The maximum absolute atomic E-state index is 12.3. The molecule has 21 heavy (non-hydrogen) atoms. The molecule has 4 nitrogen and oxygen atoms in total. The molecule has 0 aliphatic carbocycles. The molecule has 2 aromatic heterocycles. The first-order chi connectivity index (χ1) is 10.1. The third-order valence-corrected chi connectivity index (χ3v) is 5.55. The highest BCUT2D eigenvalue weighted by molar-refractivity contribution is 9.11. The minimum absolute atomic E-state index is 0.114. The standard InChI is InChI=1S/C14H16BrN3OS2/c1-2-18(8-10-3-4-13(15)21-10)14(19)9-20-12-5-6-17-7-11(12)16/h3-7H,2,8-9,16H2,1H3. The molecule has 2 N–H and O–H groups in total. The molecule has 0 aliphatic rings. The molecule has 1 amide bonds. The Bertz CT molecular complexity index is 618. The van der Waals surface area contributed by atoms with Gasteiger partial charge in [0.05, 0.1) is 28.0 Å². The van der Waals surface area contributed by atoms with Gasteiger partial charge in [-0.05, 0) is 41.1 Å². The molecule has 112 valence electrons. The van der Waals surface area contributed by atoms with Gasteiger partial charge in [0.25, 0.3) is 0 Å². The first kappa shape index (κ1) is 16.3. The molecule has 2 rings (SSSR count). The molecule has 2 heterocycles.